The molecule has 1 atom stereocenters. The molecule has 0 fully saturated rings. The van der Waals surface area contributed by atoms with Crippen molar-refractivity contribution in [3.8, 4) is 6.07 Å². The topological polar surface area (TPSA) is 39.4 Å². The Morgan fingerprint density at radius 3 is 2.60 bits per heavy atom. The zero-order valence-electron chi connectivity index (χ0n) is 13.5. The summed E-state index contributed by atoms with van der Waals surface area (Å²) >= 11 is 12.5. The molecule has 3 nitrogen and oxygen atoms in total. The maximum absolute atomic E-state index is 10.1. The fraction of sp³-hybridized carbons (Fsp3) is 0.200. The first kappa shape index (κ1) is 17.5. The van der Waals surface area contributed by atoms with E-state index in [-0.39, 0.29) is 0 Å². The average Bonchev–Trinajstić information content (AvgIpc) is 3.13. The highest BCUT2D eigenvalue weighted by molar-refractivity contribution is 6.35. The number of hydrogen-bond donors (Lipinski definition) is 0. The second-order valence-electron chi connectivity index (χ2n) is 5.96. The van der Waals surface area contributed by atoms with Crippen LogP contribution in [0.3, 0.4) is 0 Å². The van der Waals surface area contributed by atoms with Crippen LogP contribution in [0.15, 0.2) is 65.9 Å². The van der Waals surface area contributed by atoms with Gasteiger partial charge in [0.25, 0.3) is 6.34 Å². The smallest absolute Gasteiger partial charge is 0.197 e. The largest absolute Gasteiger partial charge is 0.255 e. The SMILES string of the molecule is N#CC(CCc1ccccc1)(CN1[C+]=NC=C1)c1ccc(Cl)cc1Cl. The average molecular weight is 369 g/mol. The van der Waals surface area contributed by atoms with E-state index in [4.69, 9.17) is 23.2 Å². The lowest BCUT2D eigenvalue weighted by atomic mass is 9.76. The van der Waals surface area contributed by atoms with E-state index < -0.39 is 5.41 Å². The molecule has 0 amide bonds. The van der Waals surface area contributed by atoms with E-state index in [1.807, 2.05) is 24.3 Å². The van der Waals surface area contributed by atoms with Gasteiger partial charge in [0.2, 0.25) is 6.20 Å². The molecule has 0 radical (unpaired) electrons. The number of aryl methyl sites for hydroxylation is 1. The summed E-state index contributed by atoms with van der Waals surface area (Å²) in [6, 6.07) is 17.9. The number of nitrogens with zero attached hydrogens (tertiary/aromatic N) is 3. The minimum atomic E-state index is -0.797. The fourth-order valence-corrected chi connectivity index (χ4v) is 3.55. The number of rotatable bonds is 6. The van der Waals surface area contributed by atoms with Gasteiger partial charge in [-0.25, -0.2) is 0 Å². The molecule has 5 heteroatoms. The van der Waals surface area contributed by atoms with Crippen molar-refractivity contribution in [1.29, 1.82) is 5.26 Å². The minimum Gasteiger partial charge on any atom is -0.197 e. The molecule has 1 heterocycles. The van der Waals surface area contributed by atoms with Gasteiger partial charge in [-0.3, -0.25) is 0 Å². The van der Waals surface area contributed by atoms with Gasteiger partial charge in [-0.2, -0.15) is 10.2 Å². The highest BCUT2D eigenvalue weighted by Gasteiger charge is 2.38. The van der Waals surface area contributed by atoms with Crippen molar-refractivity contribution in [1.82, 2.24) is 4.90 Å². The fourth-order valence-electron chi connectivity index (χ4n) is 2.96. The summed E-state index contributed by atoms with van der Waals surface area (Å²) in [7, 11) is 0. The van der Waals surface area contributed by atoms with Crippen molar-refractivity contribution in [2.75, 3.05) is 6.54 Å². The number of nitriles is 1. The molecule has 1 aliphatic rings. The van der Waals surface area contributed by atoms with Gasteiger partial charge < -0.3 is 0 Å². The monoisotopic (exact) mass is 368 g/mol. The normalized spacial score (nSPS) is 14.8. The molecule has 25 heavy (non-hydrogen) atoms. The molecule has 0 aromatic heterocycles. The molecule has 1 unspecified atom stereocenters. The predicted molar refractivity (Wildman–Crippen MR) is 102 cm³/mol. The molecule has 0 aliphatic carbocycles. The van der Waals surface area contributed by atoms with Crippen LogP contribution in [0, 0.1) is 11.3 Å². The molecule has 3 rings (SSSR count). The Bertz CT molecular complexity index is 828. The third-order valence-corrected chi connectivity index (χ3v) is 4.84. The van der Waals surface area contributed by atoms with E-state index in [1.165, 1.54) is 5.56 Å². The van der Waals surface area contributed by atoms with E-state index in [2.05, 4.69) is 29.5 Å². The summed E-state index contributed by atoms with van der Waals surface area (Å²) in [4.78, 5) is 5.75. The Labute approximate surface area is 157 Å². The third kappa shape index (κ3) is 4.00. The lowest BCUT2D eigenvalue weighted by molar-refractivity contribution is 0.402. The number of aliphatic imine (C=N–C) groups is 1. The molecule has 2 aromatic rings. The standard InChI is InChI=1S/C20H16Cl2N3/c21-17-6-7-18(19(22)12-17)20(13-23,14-25-11-10-24-15-25)9-8-16-4-2-1-3-5-16/h1-7,10-12H,8-9,14H2/q+1. The van der Waals surface area contributed by atoms with E-state index in [9.17, 15) is 5.26 Å². The van der Waals surface area contributed by atoms with Crippen LogP contribution >= 0.6 is 23.2 Å². The van der Waals surface area contributed by atoms with Crippen LogP contribution in [0.25, 0.3) is 0 Å². The van der Waals surface area contributed by atoms with Crippen LogP contribution in [0.1, 0.15) is 17.5 Å². The molecule has 2 aromatic carbocycles. The van der Waals surface area contributed by atoms with Gasteiger partial charge in [0, 0.05) is 10.0 Å². The number of benzene rings is 2. The molecular weight excluding hydrogens is 353 g/mol. The van der Waals surface area contributed by atoms with Crippen molar-refractivity contribution in [2.45, 2.75) is 18.3 Å². The third-order valence-electron chi connectivity index (χ3n) is 4.29. The van der Waals surface area contributed by atoms with Gasteiger partial charge in [-0.05, 0) is 41.1 Å². The highest BCUT2D eigenvalue weighted by atomic mass is 35.5. The zero-order valence-corrected chi connectivity index (χ0v) is 15.0. The van der Waals surface area contributed by atoms with Crippen molar-refractivity contribution >= 4 is 29.5 Å². The maximum atomic E-state index is 10.1. The Morgan fingerprint density at radius 2 is 1.96 bits per heavy atom. The van der Waals surface area contributed by atoms with Crippen LogP contribution in [0.5, 0.6) is 0 Å². The van der Waals surface area contributed by atoms with Gasteiger partial charge >= 0.3 is 0 Å². The van der Waals surface area contributed by atoms with E-state index in [1.54, 1.807) is 29.4 Å². The van der Waals surface area contributed by atoms with Crippen LogP contribution < -0.4 is 0 Å². The van der Waals surface area contributed by atoms with E-state index in [0.29, 0.717) is 23.0 Å². The van der Waals surface area contributed by atoms with Crippen molar-refractivity contribution in [2.24, 2.45) is 4.99 Å². The Kier molecular flexibility index (Phi) is 5.36. The molecular formula is C20H16Cl2N3+. The second kappa shape index (κ2) is 7.68. The molecule has 0 spiro atoms. The van der Waals surface area contributed by atoms with Crippen LogP contribution in [0.2, 0.25) is 10.0 Å². The molecule has 0 saturated heterocycles. The first-order valence-electron chi connectivity index (χ1n) is 7.92. The molecule has 0 saturated carbocycles. The van der Waals surface area contributed by atoms with Crippen molar-refractivity contribution in [3.63, 3.8) is 0 Å². The molecule has 0 bridgehead atoms. The van der Waals surface area contributed by atoms with Gasteiger partial charge in [0.05, 0.1) is 12.6 Å². The summed E-state index contributed by atoms with van der Waals surface area (Å²) in [5, 5.41) is 11.2. The lowest BCUT2D eigenvalue weighted by Crippen LogP contribution is -2.37. The van der Waals surface area contributed by atoms with E-state index in [0.717, 1.165) is 12.0 Å². The van der Waals surface area contributed by atoms with Crippen LogP contribution in [-0.4, -0.2) is 17.8 Å². The van der Waals surface area contributed by atoms with Crippen LogP contribution in [-0.2, 0) is 11.8 Å². The maximum Gasteiger partial charge on any atom is 0.255 e. The minimum absolute atomic E-state index is 0.428. The Hall–Kier alpha value is -2.37. The second-order valence-corrected chi connectivity index (χ2v) is 6.80. The summed E-state index contributed by atoms with van der Waals surface area (Å²) in [5.41, 5.74) is 1.16. The predicted octanol–water partition coefficient (Wildman–Crippen LogP) is 5.08. The Balaban J connectivity index is 1.95. The van der Waals surface area contributed by atoms with Gasteiger partial charge in [0.1, 0.15) is 5.41 Å². The zero-order chi connectivity index (χ0) is 17.7. The first-order chi connectivity index (χ1) is 12.1. The van der Waals surface area contributed by atoms with Crippen molar-refractivity contribution in [3.05, 3.63) is 82.1 Å². The molecule has 1 aliphatic heterocycles. The van der Waals surface area contributed by atoms with Gasteiger partial charge in [-0.1, -0.05) is 59.6 Å². The van der Waals surface area contributed by atoms with Crippen molar-refractivity contribution < 1.29 is 0 Å². The lowest BCUT2D eigenvalue weighted by Gasteiger charge is -2.28. The van der Waals surface area contributed by atoms with Gasteiger partial charge in [-0.15, -0.1) is 0 Å². The molecule has 124 valence electrons. The quantitative estimate of drug-likeness (QED) is 0.666. The number of halogens is 2. The first-order valence-corrected chi connectivity index (χ1v) is 8.68. The highest BCUT2D eigenvalue weighted by Crippen LogP contribution is 2.36. The summed E-state index contributed by atoms with van der Waals surface area (Å²) in [6.45, 7) is 0.428. The summed E-state index contributed by atoms with van der Waals surface area (Å²) in [5.74, 6) is 0. The summed E-state index contributed by atoms with van der Waals surface area (Å²) in [6.07, 6.45) is 7.72. The Morgan fingerprint density at radius 1 is 1.16 bits per heavy atom. The van der Waals surface area contributed by atoms with E-state index >= 15 is 0 Å². The van der Waals surface area contributed by atoms with Gasteiger partial charge in [0.15, 0.2) is 6.20 Å². The number of hydrogen-bond acceptors (Lipinski definition) is 3. The summed E-state index contributed by atoms with van der Waals surface area (Å²) < 4.78 is 0. The van der Waals surface area contributed by atoms with Crippen LogP contribution in [0.4, 0.5) is 0 Å². The molecule has 0 N–H and O–H groups in total.